The zero-order valence-electron chi connectivity index (χ0n) is 70.2. The van der Waals surface area contributed by atoms with E-state index in [9.17, 15) is 0 Å². The Bertz CT molecular complexity index is 4130. The van der Waals surface area contributed by atoms with Gasteiger partial charge in [-0.05, 0) is 278 Å². The highest BCUT2D eigenvalue weighted by Crippen LogP contribution is 2.38. The van der Waals surface area contributed by atoms with Crippen LogP contribution in [0.25, 0.3) is 43.1 Å². The van der Waals surface area contributed by atoms with E-state index in [0.717, 1.165) is 107 Å². The average Bonchev–Trinajstić information content (AvgIpc) is 0.787. The quantitative estimate of drug-likeness (QED) is 0.0634. The standard InChI is InChI=1S/C28H44.C16H26O2.C14H16O2.2C12H12.C10H14.C9H12/c1-7-11-13-23(9-3)19-27-21(5)15-18-26-25(27)17-16-22(6)28(26)20-24(10-4)14-12-8-2;1-5-7-9-17-15-11-14(4)16(12-13(15)3)18-10-8-6-2;1-9-5-7-12-11(13(9)15-3)8-6-10(2)14(12)16-4;1-9-3-5-12-8-10(2)4-6-11(12)7-9;1-9-7-8-10(2)12-6-4-3-5-11(9)12;1-7-5-9(3)10(4)6-8(7)2;1-7-4-8(2)6-9(3)5-7/h15-18,23-24H,7-14,19-20H2,1-6H3;11-12H,5-10H2,1-4H3;5-8H,1-4H3;2*3-8H,1-2H3;5-6H,1-4H3;4-6H,1-3H3. The maximum absolute atomic E-state index is 5.78. The molecule has 0 bridgehead atoms. The summed E-state index contributed by atoms with van der Waals surface area (Å²) < 4.78 is 22.5. The number of unbranched alkanes of at least 4 members (excludes halogenated alkanes) is 4. The van der Waals surface area contributed by atoms with E-state index in [4.69, 9.17) is 18.9 Å². The fourth-order valence-corrected chi connectivity index (χ4v) is 14.0. The molecule has 0 N–H and O–H groups in total. The fraction of sp³-hybridized carbons (Fsp3) is 0.426. The number of fused-ring (bicyclic) bond motifs is 4. The highest BCUT2D eigenvalue weighted by atomic mass is 16.5. The van der Waals surface area contributed by atoms with Crippen LogP contribution in [-0.2, 0) is 12.8 Å². The molecule has 0 aliphatic carbocycles. The van der Waals surface area contributed by atoms with Gasteiger partial charge >= 0.3 is 0 Å². The Morgan fingerprint density at radius 3 is 0.914 bits per heavy atom. The second-order valence-electron chi connectivity index (χ2n) is 30.1. The van der Waals surface area contributed by atoms with Crippen molar-refractivity contribution in [1.82, 2.24) is 0 Å². The van der Waals surface area contributed by atoms with Crippen molar-refractivity contribution < 1.29 is 18.9 Å². The monoisotopic (exact) mass is 1410 g/mol. The number of methoxy groups -OCH3 is 2. The van der Waals surface area contributed by atoms with Gasteiger partial charge in [0.05, 0.1) is 27.4 Å². The molecular formula is C101H136O4. The van der Waals surface area contributed by atoms with Gasteiger partial charge in [-0.3, -0.25) is 0 Å². The third kappa shape index (κ3) is 27.2. The Labute approximate surface area is 639 Å². The van der Waals surface area contributed by atoms with Gasteiger partial charge in [-0.1, -0.05) is 285 Å². The van der Waals surface area contributed by atoms with Gasteiger partial charge < -0.3 is 18.9 Å². The lowest BCUT2D eigenvalue weighted by atomic mass is 9.83. The minimum atomic E-state index is 0.798. The summed E-state index contributed by atoms with van der Waals surface area (Å²) in [4.78, 5) is 0. The summed E-state index contributed by atoms with van der Waals surface area (Å²) in [6.07, 6.45) is 17.7. The minimum Gasteiger partial charge on any atom is -0.496 e. The van der Waals surface area contributed by atoms with Crippen LogP contribution < -0.4 is 18.9 Å². The second-order valence-corrected chi connectivity index (χ2v) is 30.1. The zero-order valence-corrected chi connectivity index (χ0v) is 70.2. The molecule has 105 heavy (non-hydrogen) atoms. The van der Waals surface area contributed by atoms with Crippen LogP contribution >= 0.6 is 0 Å². The van der Waals surface area contributed by atoms with E-state index in [1.165, 1.54) is 169 Å². The van der Waals surface area contributed by atoms with Crippen molar-refractivity contribution in [2.45, 2.75) is 249 Å². The fourth-order valence-electron chi connectivity index (χ4n) is 14.0. The maximum Gasteiger partial charge on any atom is 0.129 e. The summed E-state index contributed by atoms with van der Waals surface area (Å²) in [7, 11) is 3.40. The number of hydrogen-bond acceptors (Lipinski definition) is 4. The molecule has 2 unspecified atom stereocenters. The van der Waals surface area contributed by atoms with Crippen LogP contribution in [0.4, 0.5) is 0 Å². The molecule has 4 nitrogen and oxygen atoms in total. The molecule has 0 heterocycles. The van der Waals surface area contributed by atoms with E-state index in [2.05, 4.69) is 309 Å². The lowest BCUT2D eigenvalue weighted by Gasteiger charge is -2.22. The number of aryl methyl sites for hydroxylation is 17. The smallest absolute Gasteiger partial charge is 0.129 e. The largest absolute Gasteiger partial charge is 0.496 e. The van der Waals surface area contributed by atoms with Crippen LogP contribution in [0, 0.1) is 130 Å². The second kappa shape index (κ2) is 45.2. The number of rotatable bonds is 22. The molecule has 564 valence electrons. The first-order chi connectivity index (χ1) is 50.3. The van der Waals surface area contributed by atoms with Gasteiger partial charge in [-0.15, -0.1) is 0 Å². The first kappa shape index (κ1) is 87.3. The lowest BCUT2D eigenvalue weighted by molar-refractivity contribution is 0.297. The third-order valence-electron chi connectivity index (χ3n) is 20.8. The highest BCUT2D eigenvalue weighted by molar-refractivity contribution is 5.95. The average molecular weight is 1410 g/mol. The highest BCUT2D eigenvalue weighted by Gasteiger charge is 2.18. The Kier molecular flexibility index (Phi) is 37.6. The SMILES string of the molecule is CCCCC(CC)Cc1c(C)ccc2c(CC(CC)CCCC)c(C)ccc12.CCCCOc1cc(C)c(OCCCC)cc1C.COc1c(C)ccc2c(OC)c(C)ccc12.Cc1cc(C)c(C)cc1C.Cc1cc(C)cc(C)c1.Cc1ccc(C)c2ccccc12.Cc1ccc2cc(C)ccc2c1. The van der Waals surface area contributed by atoms with Crippen molar-refractivity contribution in [3.63, 3.8) is 0 Å². The molecule has 4 heteroatoms. The molecule has 0 aromatic heterocycles. The van der Waals surface area contributed by atoms with Crippen molar-refractivity contribution in [3.8, 4) is 23.0 Å². The summed E-state index contributed by atoms with van der Waals surface area (Å²) in [5.74, 6) is 5.48. The Morgan fingerprint density at radius 2 is 0.590 bits per heavy atom. The Morgan fingerprint density at radius 1 is 0.267 bits per heavy atom. The summed E-state index contributed by atoms with van der Waals surface area (Å²) in [6, 6.07) is 59.1. The van der Waals surface area contributed by atoms with Crippen LogP contribution in [0.2, 0.25) is 0 Å². The van der Waals surface area contributed by atoms with E-state index in [0.29, 0.717) is 0 Å². The molecule has 0 radical (unpaired) electrons. The van der Waals surface area contributed by atoms with E-state index in [-0.39, 0.29) is 0 Å². The molecule has 0 spiro atoms. The molecule has 0 fully saturated rings. The summed E-state index contributed by atoms with van der Waals surface area (Å²) >= 11 is 0. The van der Waals surface area contributed by atoms with Gasteiger partial charge in [0.25, 0.3) is 0 Å². The van der Waals surface area contributed by atoms with E-state index >= 15 is 0 Å². The van der Waals surface area contributed by atoms with Gasteiger partial charge in [0.2, 0.25) is 0 Å². The van der Waals surface area contributed by atoms with Gasteiger partial charge in [0, 0.05) is 10.8 Å². The topological polar surface area (TPSA) is 36.9 Å². The van der Waals surface area contributed by atoms with Crippen molar-refractivity contribution in [1.29, 1.82) is 0 Å². The predicted octanol–water partition coefficient (Wildman–Crippen LogP) is 29.6. The van der Waals surface area contributed by atoms with Crippen LogP contribution in [0.3, 0.4) is 0 Å². The maximum atomic E-state index is 5.78. The molecule has 11 aromatic carbocycles. The van der Waals surface area contributed by atoms with Crippen molar-refractivity contribution in [2.75, 3.05) is 27.4 Å². The lowest BCUT2D eigenvalue weighted by Crippen LogP contribution is -2.08. The van der Waals surface area contributed by atoms with Crippen LogP contribution in [-0.4, -0.2) is 27.4 Å². The van der Waals surface area contributed by atoms with Gasteiger partial charge in [0.1, 0.15) is 23.0 Å². The molecule has 0 aliphatic heterocycles. The molecule has 11 rings (SSSR count). The molecule has 0 saturated carbocycles. The third-order valence-corrected chi connectivity index (χ3v) is 20.8. The minimum absolute atomic E-state index is 0.798. The van der Waals surface area contributed by atoms with E-state index < -0.39 is 0 Å². The molecule has 0 amide bonds. The predicted molar refractivity (Wildman–Crippen MR) is 464 cm³/mol. The van der Waals surface area contributed by atoms with E-state index in [1.54, 1.807) is 25.3 Å². The summed E-state index contributed by atoms with van der Waals surface area (Å²) in [5, 5.41) is 10.7. The summed E-state index contributed by atoms with van der Waals surface area (Å²) in [5.41, 5.74) is 25.8. The number of benzene rings is 11. The molecule has 0 saturated heterocycles. The molecule has 0 aliphatic rings. The van der Waals surface area contributed by atoms with Crippen LogP contribution in [0.15, 0.2) is 164 Å². The normalized spacial score (nSPS) is 11.2. The zero-order chi connectivity index (χ0) is 77.3. The van der Waals surface area contributed by atoms with Crippen molar-refractivity contribution >= 4 is 43.1 Å². The Balaban J connectivity index is 0.000000228. The van der Waals surface area contributed by atoms with Crippen molar-refractivity contribution in [3.05, 3.63) is 269 Å². The number of ether oxygens (including phenoxy) is 4. The van der Waals surface area contributed by atoms with Crippen LogP contribution in [0.5, 0.6) is 23.0 Å². The summed E-state index contributed by atoms with van der Waals surface area (Å²) in [6.45, 7) is 51.7. The molecular weight excluding hydrogens is 1280 g/mol. The molecule has 11 aromatic rings. The number of hydrogen-bond donors (Lipinski definition) is 0. The van der Waals surface area contributed by atoms with Gasteiger partial charge in [0.15, 0.2) is 0 Å². The molecule has 2 atom stereocenters. The van der Waals surface area contributed by atoms with Gasteiger partial charge in [-0.2, -0.15) is 0 Å². The first-order valence-corrected chi connectivity index (χ1v) is 39.8. The van der Waals surface area contributed by atoms with Crippen molar-refractivity contribution in [2.24, 2.45) is 11.8 Å². The Hall–Kier alpha value is -8.34. The van der Waals surface area contributed by atoms with Gasteiger partial charge in [-0.25, -0.2) is 0 Å². The van der Waals surface area contributed by atoms with E-state index in [1.807, 2.05) is 13.8 Å². The first-order valence-electron chi connectivity index (χ1n) is 39.8. The van der Waals surface area contributed by atoms with Crippen LogP contribution in [0.1, 0.15) is 224 Å².